The van der Waals surface area contributed by atoms with E-state index in [0.717, 1.165) is 29.7 Å². The van der Waals surface area contributed by atoms with Crippen LogP contribution in [0.4, 0.5) is 10.5 Å². The summed E-state index contributed by atoms with van der Waals surface area (Å²) in [5.74, 6) is 1.25. The van der Waals surface area contributed by atoms with Gasteiger partial charge in [0.05, 0.1) is 20.2 Å². The third-order valence-electron chi connectivity index (χ3n) is 7.12. The molecule has 12 heteroatoms. The summed E-state index contributed by atoms with van der Waals surface area (Å²) in [6, 6.07) is 5.73. The van der Waals surface area contributed by atoms with E-state index in [2.05, 4.69) is 29.3 Å². The van der Waals surface area contributed by atoms with Crippen LogP contribution >= 0.6 is 12.4 Å². The van der Waals surface area contributed by atoms with Gasteiger partial charge in [-0.3, -0.25) is 9.59 Å². The van der Waals surface area contributed by atoms with E-state index in [1.54, 1.807) is 23.8 Å². The molecule has 40 heavy (non-hydrogen) atoms. The summed E-state index contributed by atoms with van der Waals surface area (Å²) in [5, 5.41) is 7.02. The van der Waals surface area contributed by atoms with Gasteiger partial charge in [-0.2, -0.15) is 4.98 Å². The van der Waals surface area contributed by atoms with Crippen LogP contribution < -0.4 is 10.2 Å². The number of aromatic nitrogens is 2. The molecular weight excluding hydrogens is 536 g/mol. The quantitative estimate of drug-likeness (QED) is 0.399. The van der Waals surface area contributed by atoms with E-state index in [9.17, 15) is 14.4 Å². The topological polar surface area (TPSA) is 121 Å². The summed E-state index contributed by atoms with van der Waals surface area (Å²) in [4.78, 5) is 47.8. The van der Waals surface area contributed by atoms with Crippen molar-refractivity contribution in [3.05, 3.63) is 29.7 Å². The molecule has 0 unspecified atom stereocenters. The normalized spacial score (nSPS) is 13.5. The minimum atomic E-state index is -0.347. The van der Waals surface area contributed by atoms with Gasteiger partial charge in [-0.25, -0.2) is 4.79 Å². The summed E-state index contributed by atoms with van der Waals surface area (Å²) >= 11 is 0. The zero-order valence-electron chi connectivity index (χ0n) is 24.4. The molecule has 1 aromatic carbocycles. The van der Waals surface area contributed by atoms with Gasteiger partial charge in [0, 0.05) is 50.9 Å². The van der Waals surface area contributed by atoms with Gasteiger partial charge in [0.2, 0.25) is 23.5 Å². The van der Waals surface area contributed by atoms with E-state index in [0.29, 0.717) is 50.1 Å². The number of methoxy groups -OCH3 is 1. The van der Waals surface area contributed by atoms with Gasteiger partial charge >= 0.3 is 6.09 Å². The molecule has 0 saturated carbocycles. The number of rotatable bonds is 11. The van der Waals surface area contributed by atoms with Crippen molar-refractivity contribution in [2.45, 2.75) is 59.4 Å². The highest BCUT2D eigenvalue weighted by Gasteiger charge is 2.29. The highest BCUT2D eigenvalue weighted by Crippen LogP contribution is 2.27. The van der Waals surface area contributed by atoms with E-state index < -0.39 is 0 Å². The van der Waals surface area contributed by atoms with Crippen LogP contribution in [0.15, 0.2) is 22.7 Å². The molecular formula is C28H43ClN6O5. The number of likely N-dealkylation sites (N-methyl/N-ethyl adjacent to an activating group) is 1. The zero-order valence-corrected chi connectivity index (χ0v) is 25.3. The van der Waals surface area contributed by atoms with Crippen molar-refractivity contribution in [1.29, 1.82) is 0 Å². The van der Waals surface area contributed by atoms with Crippen LogP contribution in [-0.2, 0) is 14.3 Å². The molecule has 0 spiro atoms. The molecule has 222 valence electrons. The third-order valence-corrected chi connectivity index (χ3v) is 7.12. The Hall–Kier alpha value is -3.34. The zero-order chi connectivity index (χ0) is 28.5. The van der Waals surface area contributed by atoms with E-state index in [-0.39, 0.29) is 49.4 Å². The van der Waals surface area contributed by atoms with Crippen molar-refractivity contribution < 1.29 is 23.6 Å². The molecule has 0 radical (unpaired) electrons. The van der Waals surface area contributed by atoms with Crippen LogP contribution in [0, 0.1) is 19.8 Å². The van der Waals surface area contributed by atoms with E-state index in [4.69, 9.17) is 9.26 Å². The maximum atomic E-state index is 13.5. The number of carbonyl (C=O) groups is 3. The molecule has 3 rings (SSSR count). The van der Waals surface area contributed by atoms with Gasteiger partial charge in [-0.1, -0.05) is 31.1 Å². The Morgan fingerprint density at radius 1 is 1.18 bits per heavy atom. The number of nitrogens with one attached hydrogen (secondary N) is 1. The molecule has 1 aliphatic rings. The number of ether oxygens (including phenoxy) is 1. The molecule has 2 aromatic rings. The second-order valence-electron chi connectivity index (χ2n) is 10.6. The number of anilines is 1. The minimum Gasteiger partial charge on any atom is -0.453 e. The summed E-state index contributed by atoms with van der Waals surface area (Å²) in [5.41, 5.74) is 2.42. The predicted octanol–water partition coefficient (Wildman–Crippen LogP) is 3.82. The van der Waals surface area contributed by atoms with Gasteiger partial charge in [-0.05, 0) is 50.2 Å². The molecule has 0 atom stereocenters. The van der Waals surface area contributed by atoms with Gasteiger partial charge in [0.25, 0.3) is 0 Å². The molecule has 1 aliphatic heterocycles. The van der Waals surface area contributed by atoms with Crippen LogP contribution in [-0.4, -0.2) is 90.8 Å². The summed E-state index contributed by atoms with van der Waals surface area (Å²) < 4.78 is 9.97. The Balaban J connectivity index is 0.00000560. The molecule has 3 amide bonds. The van der Waals surface area contributed by atoms with Crippen molar-refractivity contribution >= 4 is 36.0 Å². The number of likely N-dealkylation sites (tertiary alicyclic amines) is 1. The molecule has 0 bridgehead atoms. The number of piperidine rings is 1. The molecule has 11 nitrogen and oxygen atoms in total. The lowest BCUT2D eigenvalue weighted by atomic mass is 10.0. The SMILES string of the molecule is COC(=O)N1CCC(N(C)C(=O)CN(CC(=O)NCCCC(C)C)c2cc(-c3noc(C)n3)ccc2C)CC1.Cl. The Bertz CT molecular complexity index is 1130. The smallest absolute Gasteiger partial charge is 0.409 e. The van der Waals surface area contributed by atoms with E-state index in [1.807, 2.05) is 30.0 Å². The molecule has 1 saturated heterocycles. The standard InChI is InChI=1S/C28H42N6O5.ClH/c1-19(2)8-7-13-29-25(35)17-34(24-16-22(10-9-20(24)3)27-30-21(4)39-31-27)18-26(36)32(5)23-11-14-33(15-12-23)28(37)38-6;/h9-10,16,19,23H,7-8,11-15,17-18H2,1-6H3,(H,29,35);1H. The lowest BCUT2D eigenvalue weighted by Gasteiger charge is -2.37. The molecule has 1 N–H and O–H groups in total. The van der Waals surface area contributed by atoms with Crippen LogP contribution in [0.5, 0.6) is 0 Å². The first-order valence-electron chi connectivity index (χ1n) is 13.6. The van der Waals surface area contributed by atoms with Crippen LogP contribution in [0.25, 0.3) is 11.4 Å². The number of carbonyl (C=O) groups excluding carboxylic acids is 3. The number of halogens is 1. The number of hydrogen-bond acceptors (Lipinski definition) is 8. The summed E-state index contributed by atoms with van der Waals surface area (Å²) in [6.07, 6.45) is 2.92. The molecule has 2 heterocycles. The molecule has 1 fully saturated rings. The maximum Gasteiger partial charge on any atom is 0.409 e. The number of nitrogens with zero attached hydrogens (tertiary/aromatic N) is 5. The summed E-state index contributed by atoms with van der Waals surface area (Å²) in [7, 11) is 3.16. The van der Waals surface area contributed by atoms with Crippen LogP contribution in [0.2, 0.25) is 0 Å². The summed E-state index contributed by atoms with van der Waals surface area (Å²) in [6.45, 7) is 9.72. The molecule has 1 aromatic heterocycles. The first-order chi connectivity index (χ1) is 18.6. The van der Waals surface area contributed by atoms with Crippen LogP contribution in [0.1, 0.15) is 51.0 Å². The highest BCUT2D eigenvalue weighted by molar-refractivity contribution is 5.87. The van der Waals surface area contributed by atoms with Gasteiger partial charge in [0.1, 0.15) is 0 Å². The Morgan fingerprint density at radius 3 is 2.48 bits per heavy atom. The number of amides is 3. The number of hydrogen-bond donors (Lipinski definition) is 1. The first kappa shape index (κ1) is 32.9. The lowest BCUT2D eigenvalue weighted by Crippen LogP contribution is -2.50. The highest BCUT2D eigenvalue weighted by atomic mass is 35.5. The lowest BCUT2D eigenvalue weighted by molar-refractivity contribution is -0.131. The van der Waals surface area contributed by atoms with Crippen molar-refractivity contribution in [2.24, 2.45) is 5.92 Å². The van der Waals surface area contributed by atoms with E-state index in [1.165, 1.54) is 7.11 Å². The molecule has 0 aliphatic carbocycles. The number of benzene rings is 1. The minimum absolute atomic E-state index is 0. The van der Waals surface area contributed by atoms with Crippen molar-refractivity contribution in [3.63, 3.8) is 0 Å². The average molecular weight is 579 g/mol. The second-order valence-corrected chi connectivity index (χ2v) is 10.6. The second kappa shape index (κ2) is 15.4. The number of aryl methyl sites for hydroxylation is 2. The monoisotopic (exact) mass is 578 g/mol. The largest absolute Gasteiger partial charge is 0.453 e. The fraction of sp³-hybridized carbons (Fsp3) is 0.607. The van der Waals surface area contributed by atoms with E-state index >= 15 is 0 Å². The van der Waals surface area contributed by atoms with Crippen molar-refractivity contribution in [2.75, 3.05) is 51.8 Å². The van der Waals surface area contributed by atoms with Crippen molar-refractivity contribution in [1.82, 2.24) is 25.3 Å². The maximum absolute atomic E-state index is 13.5. The Morgan fingerprint density at radius 2 is 1.88 bits per heavy atom. The fourth-order valence-corrected chi connectivity index (χ4v) is 4.74. The first-order valence-corrected chi connectivity index (χ1v) is 13.6. The van der Waals surface area contributed by atoms with Crippen molar-refractivity contribution in [3.8, 4) is 11.4 Å². The third kappa shape index (κ3) is 9.11. The van der Waals surface area contributed by atoms with Crippen LogP contribution in [0.3, 0.4) is 0 Å². The van der Waals surface area contributed by atoms with Gasteiger partial charge in [-0.15, -0.1) is 12.4 Å². The fourth-order valence-electron chi connectivity index (χ4n) is 4.74. The Labute approximate surface area is 243 Å². The van der Waals surface area contributed by atoms with Gasteiger partial charge in [0.15, 0.2) is 0 Å². The average Bonchev–Trinajstić information content (AvgIpc) is 3.36. The predicted molar refractivity (Wildman–Crippen MR) is 156 cm³/mol. The van der Waals surface area contributed by atoms with Gasteiger partial charge < -0.3 is 29.3 Å². The Kier molecular flexibility index (Phi) is 12.7.